The number of halogens is 1. The first-order valence-electron chi connectivity index (χ1n) is 9.74. The van der Waals surface area contributed by atoms with E-state index >= 15 is 0 Å². The third-order valence-electron chi connectivity index (χ3n) is 5.15. The Morgan fingerprint density at radius 1 is 1.06 bits per heavy atom. The van der Waals surface area contributed by atoms with Crippen molar-refractivity contribution in [2.24, 2.45) is 0 Å². The Kier molecular flexibility index (Phi) is 4.60. The molecule has 5 aromatic rings. The van der Waals surface area contributed by atoms with Crippen LogP contribution in [0.25, 0.3) is 26.6 Å². The van der Waals surface area contributed by atoms with E-state index < -0.39 is 23.2 Å². The molecular formula is C24H17FN2O4S. The van der Waals surface area contributed by atoms with Crippen LogP contribution in [0.3, 0.4) is 0 Å². The molecule has 0 aliphatic carbocycles. The monoisotopic (exact) mass is 448 g/mol. The van der Waals surface area contributed by atoms with Crippen molar-refractivity contribution in [2.75, 3.05) is 0 Å². The maximum atomic E-state index is 13.6. The van der Waals surface area contributed by atoms with Crippen molar-refractivity contribution >= 4 is 27.3 Å². The van der Waals surface area contributed by atoms with Crippen LogP contribution in [0.5, 0.6) is 11.6 Å². The molecule has 8 heteroatoms. The van der Waals surface area contributed by atoms with Gasteiger partial charge in [-0.25, -0.2) is 9.37 Å². The average Bonchev–Trinajstić information content (AvgIpc) is 3.44. The Balaban J connectivity index is 1.81. The number of ketones is 1. The minimum atomic E-state index is -0.610. The summed E-state index contributed by atoms with van der Waals surface area (Å²) in [4.78, 5) is 17.9. The summed E-state index contributed by atoms with van der Waals surface area (Å²) in [7, 11) is 0. The number of carbonyl (C=O) groups is 1. The molecule has 3 aromatic heterocycles. The molecule has 0 aliphatic rings. The van der Waals surface area contributed by atoms with Gasteiger partial charge in [-0.3, -0.25) is 9.36 Å². The average molecular weight is 448 g/mol. The van der Waals surface area contributed by atoms with Crippen molar-refractivity contribution in [3.8, 4) is 28.0 Å². The summed E-state index contributed by atoms with van der Waals surface area (Å²) in [6.07, 6.45) is 0. The zero-order valence-corrected chi connectivity index (χ0v) is 17.9. The zero-order chi connectivity index (χ0) is 22.6. The number of hydrogen-bond donors (Lipinski definition) is 2. The normalized spacial score (nSPS) is 11.3. The maximum Gasteiger partial charge on any atom is 0.242 e. The van der Waals surface area contributed by atoms with E-state index in [1.54, 1.807) is 13.0 Å². The Labute approximate surface area is 185 Å². The van der Waals surface area contributed by atoms with Crippen molar-refractivity contribution in [1.29, 1.82) is 0 Å². The molecular weight excluding hydrogens is 431 g/mol. The van der Waals surface area contributed by atoms with Gasteiger partial charge in [0.15, 0.2) is 16.6 Å². The van der Waals surface area contributed by atoms with E-state index in [0.29, 0.717) is 22.0 Å². The fourth-order valence-electron chi connectivity index (χ4n) is 3.63. The topological polar surface area (TPSA) is 88.5 Å². The minimum Gasteiger partial charge on any atom is -0.503 e. The molecule has 0 aliphatic heterocycles. The smallest absolute Gasteiger partial charge is 0.242 e. The SMILES string of the molecule is Cc1ccc2nc(-n3c(O)c(O)c(C(=O)c4ccc(C)o4)c3-c3ccc(F)cc3)sc2c1. The second kappa shape index (κ2) is 7.35. The van der Waals surface area contributed by atoms with Gasteiger partial charge in [-0.05, 0) is 73.5 Å². The molecule has 0 saturated heterocycles. The number of aryl methyl sites for hydroxylation is 2. The predicted molar refractivity (Wildman–Crippen MR) is 119 cm³/mol. The van der Waals surface area contributed by atoms with E-state index in [1.165, 1.54) is 46.2 Å². The Bertz CT molecular complexity index is 1490. The lowest BCUT2D eigenvalue weighted by Crippen LogP contribution is -2.04. The minimum absolute atomic E-state index is 0.0123. The Morgan fingerprint density at radius 3 is 2.50 bits per heavy atom. The lowest BCUT2D eigenvalue weighted by molar-refractivity contribution is 0.101. The van der Waals surface area contributed by atoms with Gasteiger partial charge >= 0.3 is 0 Å². The number of thiazole rings is 1. The quantitative estimate of drug-likeness (QED) is 0.342. The third-order valence-corrected chi connectivity index (χ3v) is 6.16. The van der Waals surface area contributed by atoms with E-state index in [2.05, 4.69) is 4.98 Å². The number of carbonyl (C=O) groups excluding carboxylic acids is 1. The Morgan fingerprint density at radius 2 is 1.81 bits per heavy atom. The van der Waals surface area contributed by atoms with E-state index in [4.69, 9.17) is 4.42 Å². The first kappa shape index (κ1) is 20.0. The van der Waals surface area contributed by atoms with Crippen LogP contribution in [-0.4, -0.2) is 25.5 Å². The Hall–Kier alpha value is -3.91. The van der Waals surface area contributed by atoms with Crippen LogP contribution in [0, 0.1) is 19.7 Å². The van der Waals surface area contributed by atoms with E-state index in [-0.39, 0.29) is 17.0 Å². The third kappa shape index (κ3) is 3.16. The van der Waals surface area contributed by atoms with Gasteiger partial charge in [-0.1, -0.05) is 17.4 Å². The van der Waals surface area contributed by atoms with E-state index in [0.717, 1.165) is 10.3 Å². The van der Waals surface area contributed by atoms with Crippen LogP contribution in [0.2, 0.25) is 0 Å². The molecule has 0 atom stereocenters. The summed E-state index contributed by atoms with van der Waals surface area (Å²) in [5, 5.41) is 22.0. The largest absolute Gasteiger partial charge is 0.503 e. The number of fused-ring (bicyclic) bond motifs is 1. The summed E-state index contributed by atoms with van der Waals surface area (Å²) in [6.45, 7) is 3.66. The number of benzene rings is 2. The van der Waals surface area contributed by atoms with Crippen molar-refractivity contribution in [3.63, 3.8) is 0 Å². The molecule has 5 rings (SSSR count). The predicted octanol–water partition coefficient (Wildman–Crippen LogP) is 5.75. The maximum absolute atomic E-state index is 13.6. The molecule has 32 heavy (non-hydrogen) atoms. The second-order valence-electron chi connectivity index (χ2n) is 7.45. The highest BCUT2D eigenvalue weighted by molar-refractivity contribution is 7.20. The lowest BCUT2D eigenvalue weighted by Gasteiger charge is -2.09. The number of rotatable bonds is 4. The van der Waals surface area contributed by atoms with Gasteiger partial charge in [0.25, 0.3) is 0 Å². The fraction of sp³-hybridized carbons (Fsp3) is 0.0833. The molecule has 0 radical (unpaired) electrons. The molecule has 0 bridgehead atoms. The summed E-state index contributed by atoms with van der Waals surface area (Å²) in [5.74, 6) is -1.66. The summed E-state index contributed by atoms with van der Waals surface area (Å²) >= 11 is 1.30. The molecule has 0 saturated carbocycles. The molecule has 0 unspecified atom stereocenters. The fourth-order valence-corrected chi connectivity index (χ4v) is 4.70. The second-order valence-corrected chi connectivity index (χ2v) is 8.45. The molecule has 6 nitrogen and oxygen atoms in total. The van der Waals surface area contributed by atoms with E-state index in [9.17, 15) is 19.4 Å². The van der Waals surface area contributed by atoms with Gasteiger partial charge < -0.3 is 14.6 Å². The first-order chi connectivity index (χ1) is 15.3. The van der Waals surface area contributed by atoms with Gasteiger partial charge in [0.2, 0.25) is 11.7 Å². The summed E-state index contributed by atoms with van der Waals surface area (Å²) in [6, 6.07) is 14.3. The van der Waals surface area contributed by atoms with Crippen LogP contribution in [0.15, 0.2) is 59.0 Å². The molecule has 3 heterocycles. The molecule has 0 amide bonds. The van der Waals surface area contributed by atoms with Crippen LogP contribution >= 0.6 is 11.3 Å². The number of aromatic nitrogens is 2. The standard InChI is InChI=1S/C24H17FN2O4S/c1-12-3-9-16-18(11-12)32-24(26-16)27-20(14-5-7-15(25)8-6-14)19(22(29)23(27)30)21(28)17-10-4-13(2)31-17/h3-11,29-30H,1-2H3. The number of aromatic hydroxyl groups is 2. The highest BCUT2D eigenvalue weighted by atomic mass is 32.1. The van der Waals surface area contributed by atoms with E-state index in [1.807, 2.05) is 25.1 Å². The van der Waals surface area contributed by atoms with Gasteiger partial charge in [0.05, 0.1) is 21.5 Å². The van der Waals surface area contributed by atoms with Gasteiger partial charge in [0, 0.05) is 0 Å². The number of furan rings is 1. The number of hydrogen-bond acceptors (Lipinski definition) is 6. The van der Waals surface area contributed by atoms with Crippen LogP contribution in [0.1, 0.15) is 27.4 Å². The molecule has 2 aromatic carbocycles. The molecule has 2 N–H and O–H groups in total. The van der Waals surface area contributed by atoms with Crippen molar-refractivity contribution in [1.82, 2.24) is 9.55 Å². The molecule has 0 spiro atoms. The lowest BCUT2D eigenvalue weighted by atomic mass is 10.0. The summed E-state index contributed by atoms with van der Waals surface area (Å²) < 4.78 is 21.3. The number of nitrogens with zero attached hydrogens (tertiary/aromatic N) is 2. The van der Waals surface area contributed by atoms with Crippen LogP contribution < -0.4 is 0 Å². The first-order valence-corrected chi connectivity index (χ1v) is 10.6. The highest BCUT2D eigenvalue weighted by Crippen LogP contribution is 2.45. The highest BCUT2D eigenvalue weighted by Gasteiger charge is 2.32. The van der Waals surface area contributed by atoms with Gasteiger partial charge in [0.1, 0.15) is 11.6 Å². The van der Waals surface area contributed by atoms with Gasteiger partial charge in [-0.15, -0.1) is 0 Å². The van der Waals surface area contributed by atoms with Crippen molar-refractivity contribution in [3.05, 3.63) is 83.1 Å². The zero-order valence-electron chi connectivity index (χ0n) is 17.1. The van der Waals surface area contributed by atoms with Crippen LogP contribution in [-0.2, 0) is 0 Å². The van der Waals surface area contributed by atoms with Crippen molar-refractivity contribution < 1.29 is 23.8 Å². The summed E-state index contributed by atoms with van der Waals surface area (Å²) in [5.41, 5.74) is 2.22. The molecule has 160 valence electrons. The molecule has 0 fully saturated rings. The van der Waals surface area contributed by atoms with Gasteiger partial charge in [-0.2, -0.15) is 0 Å². The van der Waals surface area contributed by atoms with Crippen LogP contribution in [0.4, 0.5) is 4.39 Å². The van der Waals surface area contributed by atoms with Crippen molar-refractivity contribution in [2.45, 2.75) is 13.8 Å².